The Morgan fingerprint density at radius 1 is 0.692 bits per heavy atom. The summed E-state index contributed by atoms with van der Waals surface area (Å²) >= 11 is 0. The van der Waals surface area contributed by atoms with Crippen LogP contribution in [-0.4, -0.2) is 70.0 Å². The quantitative estimate of drug-likeness (QED) is 0.0287. The van der Waals surface area contributed by atoms with E-state index in [0.717, 1.165) is 70.1 Å². The topological polar surface area (TPSA) is 134 Å². The van der Waals surface area contributed by atoms with E-state index in [-0.39, 0.29) is 30.8 Å². The van der Waals surface area contributed by atoms with Crippen molar-refractivity contribution in [1.82, 2.24) is 0 Å². The van der Waals surface area contributed by atoms with Gasteiger partial charge in [-0.25, -0.2) is 0 Å². The molecule has 52 heavy (non-hydrogen) atoms. The van der Waals surface area contributed by atoms with Crippen LogP contribution in [0, 0.1) is 17.8 Å². The zero-order valence-corrected chi connectivity index (χ0v) is 33.8. The molecule has 0 aliphatic heterocycles. The van der Waals surface area contributed by atoms with Crippen molar-refractivity contribution in [2.75, 3.05) is 13.2 Å². The molecule has 0 aromatic rings. The van der Waals surface area contributed by atoms with Crippen LogP contribution in [0.4, 0.5) is 0 Å². The molecule has 8 heteroatoms. The fourth-order valence-corrected chi connectivity index (χ4v) is 7.45. The number of carbonyl (C=O) groups is 2. The third-order valence-electron chi connectivity index (χ3n) is 11.2. The minimum Gasteiger partial charge on any atom is -0.462 e. The molecule has 0 heterocycles. The van der Waals surface area contributed by atoms with Gasteiger partial charge < -0.3 is 29.9 Å². The second-order valence-electron chi connectivity index (χ2n) is 16.0. The minimum atomic E-state index is -0.846. The van der Waals surface area contributed by atoms with Crippen LogP contribution in [0.5, 0.6) is 0 Å². The van der Waals surface area contributed by atoms with Gasteiger partial charge in [-0.15, -0.1) is 0 Å². The lowest BCUT2D eigenvalue weighted by Crippen LogP contribution is -2.28. The highest BCUT2D eigenvalue weighted by Crippen LogP contribution is 2.37. The fraction of sp³-hybridized carbons (Fsp3) is 0.909. The standard InChI is InChI=1S/C44H82O8/c1-4-6-21-27-37(46)31-32-40-39(41(47)33-42(40)48)28-23-19-20-25-30-44(50)52-38(34-45)35-51-43(49)29-24-18-16-14-12-10-8-7-9-11-13-15-17-22-26-36(3)5-2/h31-32,36-42,45-48H,4-30,33-35H2,1-3H3/b32-31+/t36?,37-,38-,39+,40+,41-,42+/m0/s1. The summed E-state index contributed by atoms with van der Waals surface area (Å²) in [5.74, 6) is -0.0229. The first-order valence-electron chi connectivity index (χ1n) is 21.9. The van der Waals surface area contributed by atoms with E-state index in [4.69, 9.17) is 9.47 Å². The van der Waals surface area contributed by atoms with E-state index < -0.39 is 37.0 Å². The van der Waals surface area contributed by atoms with Gasteiger partial charge in [-0.05, 0) is 37.5 Å². The zero-order chi connectivity index (χ0) is 38.2. The second kappa shape index (κ2) is 32.9. The van der Waals surface area contributed by atoms with Gasteiger partial charge in [0, 0.05) is 25.2 Å². The number of hydrogen-bond acceptors (Lipinski definition) is 8. The molecular formula is C44H82O8. The van der Waals surface area contributed by atoms with Crippen LogP contribution in [0.3, 0.4) is 0 Å². The van der Waals surface area contributed by atoms with Gasteiger partial charge in [-0.1, -0.05) is 168 Å². The predicted octanol–water partition coefficient (Wildman–Crippen LogP) is 9.92. The van der Waals surface area contributed by atoms with E-state index in [1.54, 1.807) is 6.08 Å². The van der Waals surface area contributed by atoms with Crippen molar-refractivity contribution in [2.24, 2.45) is 17.8 Å². The van der Waals surface area contributed by atoms with E-state index >= 15 is 0 Å². The van der Waals surface area contributed by atoms with Crippen molar-refractivity contribution in [3.63, 3.8) is 0 Å². The number of esters is 2. The Labute approximate surface area is 318 Å². The van der Waals surface area contributed by atoms with Gasteiger partial charge in [0.2, 0.25) is 0 Å². The maximum atomic E-state index is 12.3. The molecule has 1 fully saturated rings. The summed E-state index contributed by atoms with van der Waals surface area (Å²) in [6.45, 7) is 6.27. The third kappa shape index (κ3) is 25.5. The highest BCUT2D eigenvalue weighted by Gasteiger charge is 2.39. The molecule has 0 saturated heterocycles. The highest BCUT2D eigenvalue weighted by atomic mass is 16.6. The molecule has 7 atom stereocenters. The lowest BCUT2D eigenvalue weighted by Gasteiger charge is -2.21. The number of ether oxygens (including phenoxy) is 2. The summed E-state index contributed by atoms with van der Waals surface area (Å²) in [7, 11) is 0. The van der Waals surface area contributed by atoms with Gasteiger partial charge in [0.25, 0.3) is 0 Å². The monoisotopic (exact) mass is 739 g/mol. The van der Waals surface area contributed by atoms with Crippen LogP contribution in [-0.2, 0) is 19.1 Å². The Bertz CT molecular complexity index is 878. The molecule has 306 valence electrons. The maximum Gasteiger partial charge on any atom is 0.306 e. The van der Waals surface area contributed by atoms with Crippen LogP contribution in [0.25, 0.3) is 0 Å². The maximum absolute atomic E-state index is 12.3. The van der Waals surface area contributed by atoms with Gasteiger partial charge in [-0.2, -0.15) is 0 Å². The number of aliphatic hydroxyl groups excluding tert-OH is 4. The first-order valence-corrected chi connectivity index (χ1v) is 21.9. The van der Waals surface area contributed by atoms with E-state index in [1.165, 1.54) is 83.5 Å². The Hall–Kier alpha value is -1.48. The summed E-state index contributed by atoms with van der Waals surface area (Å²) in [6.07, 6.45) is 30.5. The predicted molar refractivity (Wildman–Crippen MR) is 212 cm³/mol. The minimum absolute atomic E-state index is 0.0366. The SMILES string of the molecule is CCCCC[C@H](O)/C=C/[C@@H]1[C@@H](CCCCCCC(=O)O[C@@H](CO)COC(=O)CCCCCCCCCCCCCCCCC(C)CC)[C@@H](O)C[C@H]1O. The molecule has 0 spiro atoms. The molecule has 0 aromatic heterocycles. The molecule has 1 aliphatic rings. The number of unbranched alkanes of at least 4 members (excludes halogenated alkanes) is 18. The Balaban J connectivity index is 2.03. The average molecular weight is 739 g/mol. The van der Waals surface area contributed by atoms with Crippen molar-refractivity contribution in [1.29, 1.82) is 0 Å². The van der Waals surface area contributed by atoms with Crippen LogP contribution >= 0.6 is 0 Å². The molecule has 1 aliphatic carbocycles. The van der Waals surface area contributed by atoms with Gasteiger partial charge in [0.05, 0.1) is 24.9 Å². The molecule has 4 N–H and O–H groups in total. The van der Waals surface area contributed by atoms with Crippen LogP contribution in [0.2, 0.25) is 0 Å². The normalized spacial score (nSPS) is 20.7. The second-order valence-corrected chi connectivity index (χ2v) is 16.0. The summed E-state index contributed by atoms with van der Waals surface area (Å²) in [6, 6.07) is 0. The van der Waals surface area contributed by atoms with Crippen LogP contribution in [0.1, 0.15) is 201 Å². The molecule has 0 bridgehead atoms. The van der Waals surface area contributed by atoms with E-state index in [0.29, 0.717) is 25.7 Å². The Morgan fingerprint density at radius 3 is 1.77 bits per heavy atom. The first kappa shape index (κ1) is 48.5. The fourth-order valence-electron chi connectivity index (χ4n) is 7.45. The molecule has 1 saturated carbocycles. The summed E-state index contributed by atoms with van der Waals surface area (Å²) < 4.78 is 10.6. The van der Waals surface area contributed by atoms with E-state index in [1.807, 2.05) is 6.08 Å². The lowest BCUT2D eigenvalue weighted by atomic mass is 9.88. The van der Waals surface area contributed by atoms with E-state index in [2.05, 4.69) is 20.8 Å². The van der Waals surface area contributed by atoms with E-state index in [9.17, 15) is 30.0 Å². The molecule has 0 radical (unpaired) electrons. The summed E-state index contributed by atoms with van der Waals surface area (Å²) in [5, 5.41) is 40.8. The highest BCUT2D eigenvalue weighted by molar-refractivity contribution is 5.70. The van der Waals surface area contributed by atoms with Gasteiger partial charge in [-0.3, -0.25) is 9.59 Å². The molecule has 1 unspecified atom stereocenters. The largest absolute Gasteiger partial charge is 0.462 e. The van der Waals surface area contributed by atoms with Crippen LogP contribution < -0.4 is 0 Å². The van der Waals surface area contributed by atoms with Crippen molar-refractivity contribution in [3.05, 3.63) is 12.2 Å². The summed E-state index contributed by atoms with van der Waals surface area (Å²) in [5.41, 5.74) is 0. The number of carbonyl (C=O) groups excluding carboxylic acids is 2. The number of rotatable bonds is 35. The molecule has 1 rings (SSSR count). The molecular weight excluding hydrogens is 656 g/mol. The number of hydrogen-bond donors (Lipinski definition) is 4. The Kier molecular flexibility index (Phi) is 30.7. The molecule has 0 aromatic carbocycles. The van der Waals surface area contributed by atoms with Gasteiger partial charge in [0.1, 0.15) is 6.61 Å². The first-order chi connectivity index (χ1) is 25.2. The third-order valence-corrected chi connectivity index (χ3v) is 11.2. The number of aliphatic hydroxyl groups is 4. The van der Waals surface area contributed by atoms with Gasteiger partial charge in [0.15, 0.2) is 6.10 Å². The lowest BCUT2D eigenvalue weighted by molar-refractivity contribution is -0.161. The van der Waals surface area contributed by atoms with Gasteiger partial charge >= 0.3 is 11.9 Å². The molecule has 8 nitrogen and oxygen atoms in total. The molecule has 0 amide bonds. The van der Waals surface area contributed by atoms with Crippen molar-refractivity contribution >= 4 is 11.9 Å². The average Bonchev–Trinajstić information content (AvgIpc) is 3.40. The summed E-state index contributed by atoms with van der Waals surface area (Å²) in [4.78, 5) is 24.5. The van der Waals surface area contributed by atoms with Crippen molar-refractivity contribution in [3.8, 4) is 0 Å². The zero-order valence-electron chi connectivity index (χ0n) is 33.8. The Morgan fingerprint density at radius 2 is 1.21 bits per heavy atom. The van der Waals surface area contributed by atoms with Crippen LogP contribution in [0.15, 0.2) is 12.2 Å². The smallest absolute Gasteiger partial charge is 0.306 e. The van der Waals surface area contributed by atoms with Crippen molar-refractivity contribution < 1.29 is 39.5 Å². The van der Waals surface area contributed by atoms with Crippen molar-refractivity contribution in [2.45, 2.75) is 225 Å².